The van der Waals surface area contributed by atoms with Crippen molar-refractivity contribution in [3.05, 3.63) is 18.0 Å². The number of methoxy groups -OCH3 is 2. The quantitative estimate of drug-likeness (QED) is 0.632. The molecule has 14 heavy (non-hydrogen) atoms. The smallest absolute Gasteiger partial charge is 0.217 e. The van der Waals surface area contributed by atoms with Gasteiger partial charge in [0, 0.05) is 33.9 Å². The van der Waals surface area contributed by atoms with Gasteiger partial charge in [-0.1, -0.05) is 0 Å². The summed E-state index contributed by atoms with van der Waals surface area (Å²) in [7, 11) is 4.68. The van der Waals surface area contributed by atoms with Gasteiger partial charge in [0.05, 0.1) is 6.20 Å². The Morgan fingerprint density at radius 1 is 1.57 bits per heavy atom. The molecule has 0 unspecified atom stereocenters. The lowest BCUT2D eigenvalue weighted by Crippen LogP contribution is -2.26. The first-order chi connectivity index (χ1) is 6.67. The monoisotopic (exact) mass is 198 g/mol. The van der Waals surface area contributed by atoms with Gasteiger partial charge in [-0.2, -0.15) is 5.10 Å². The minimum absolute atomic E-state index is 0.108. The van der Waals surface area contributed by atoms with E-state index < -0.39 is 6.29 Å². The summed E-state index contributed by atoms with van der Waals surface area (Å²) in [5, 5.41) is 3.96. The molecule has 0 amide bonds. The maximum atomic E-state index is 11.5. The lowest BCUT2D eigenvalue weighted by atomic mass is 10.2. The van der Waals surface area contributed by atoms with E-state index in [1.165, 1.54) is 14.2 Å². The van der Waals surface area contributed by atoms with Crippen molar-refractivity contribution < 1.29 is 14.3 Å². The summed E-state index contributed by atoms with van der Waals surface area (Å²) in [6, 6.07) is 0. The number of ether oxygens (including phenoxy) is 2. The van der Waals surface area contributed by atoms with Crippen molar-refractivity contribution in [3.8, 4) is 0 Å². The summed E-state index contributed by atoms with van der Waals surface area (Å²) in [6.45, 7) is 0. The molecule has 78 valence electrons. The van der Waals surface area contributed by atoms with Gasteiger partial charge in [-0.15, -0.1) is 0 Å². The maximum absolute atomic E-state index is 11.5. The van der Waals surface area contributed by atoms with E-state index in [-0.39, 0.29) is 12.2 Å². The average Bonchev–Trinajstić information content (AvgIpc) is 2.53. The predicted octanol–water partition coefficient (Wildman–Crippen LogP) is 0.151. The summed E-state index contributed by atoms with van der Waals surface area (Å²) in [5.41, 5.74) is 0.858. The second-order valence-corrected chi connectivity index (χ2v) is 2.97. The van der Waals surface area contributed by atoms with Gasteiger partial charge in [0.1, 0.15) is 0 Å². The van der Waals surface area contributed by atoms with Gasteiger partial charge in [-0.25, -0.2) is 0 Å². The van der Waals surface area contributed by atoms with E-state index in [2.05, 4.69) is 5.10 Å². The molecule has 1 aromatic rings. The molecule has 0 aliphatic rings. The van der Waals surface area contributed by atoms with Gasteiger partial charge < -0.3 is 9.47 Å². The molecule has 0 aliphatic heterocycles. The standard InChI is InChI=1S/C9H14N2O3/c1-11-6-7(5-10-11)4-8(12)9(13-2)14-3/h5-6,9H,4H2,1-3H3. The van der Waals surface area contributed by atoms with Crippen LogP contribution in [-0.2, 0) is 27.7 Å². The SMILES string of the molecule is COC(OC)C(=O)Cc1cnn(C)c1. The molecule has 1 rings (SSSR count). The maximum Gasteiger partial charge on any atom is 0.217 e. The fourth-order valence-electron chi connectivity index (χ4n) is 1.21. The van der Waals surface area contributed by atoms with Crippen LogP contribution in [0, 0.1) is 0 Å². The fraction of sp³-hybridized carbons (Fsp3) is 0.556. The number of Topliss-reactive ketones (excluding diaryl/α,β-unsaturated/α-hetero) is 1. The first-order valence-electron chi connectivity index (χ1n) is 4.23. The summed E-state index contributed by atoms with van der Waals surface area (Å²) in [5.74, 6) is -0.108. The minimum Gasteiger partial charge on any atom is -0.349 e. The number of aryl methyl sites for hydroxylation is 1. The number of carbonyl (C=O) groups is 1. The van der Waals surface area contributed by atoms with Crippen LogP contribution in [0.2, 0.25) is 0 Å². The molecule has 5 heteroatoms. The second kappa shape index (κ2) is 4.88. The molecule has 0 saturated heterocycles. The Labute approximate surface area is 82.6 Å². The number of rotatable bonds is 5. The molecule has 1 aromatic heterocycles. The molecular weight excluding hydrogens is 184 g/mol. The van der Waals surface area contributed by atoms with Crippen molar-refractivity contribution in [3.63, 3.8) is 0 Å². The molecule has 0 fully saturated rings. The first kappa shape index (κ1) is 10.9. The highest BCUT2D eigenvalue weighted by molar-refractivity contribution is 5.83. The molecule has 5 nitrogen and oxygen atoms in total. The highest BCUT2D eigenvalue weighted by atomic mass is 16.7. The van der Waals surface area contributed by atoms with Gasteiger partial charge in [0.15, 0.2) is 5.78 Å². The van der Waals surface area contributed by atoms with E-state index in [0.29, 0.717) is 0 Å². The van der Waals surface area contributed by atoms with Crippen LogP contribution in [0.25, 0.3) is 0 Å². The van der Waals surface area contributed by atoms with Crippen molar-refractivity contribution in [1.29, 1.82) is 0 Å². The molecule has 1 heterocycles. The zero-order valence-electron chi connectivity index (χ0n) is 8.56. The highest BCUT2D eigenvalue weighted by Crippen LogP contribution is 2.03. The number of ketones is 1. The Hall–Kier alpha value is -1.20. The zero-order valence-corrected chi connectivity index (χ0v) is 8.56. The van der Waals surface area contributed by atoms with Gasteiger partial charge in [-0.05, 0) is 5.56 Å². The highest BCUT2D eigenvalue weighted by Gasteiger charge is 2.17. The molecule has 0 aliphatic carbocycles. The Morgan fingerprint density at radius 3 is 2.64 bits per heavy atom. The van der Waals surface area contributed by atoms with Gasteiger partial charge in [0.2, 0.25) is 6.29 Å². The van der Waals surface area contributed by atoms with Crippen molar-refractivity contribution in [1.82, 2.24) is 9.78 Å². The van der Waals surface area contributed by atoms with Crippen molar-refractivity contribution >= 4 is 5.78 Å². The molecule has 0 aromatic carbocycles. The van der Waals surface area contributed by atoms with Crippen LogP contribution in [0.5, 0.6) is 0 Å². The summed E-state index contributed by atoms with van der Waals surface area (Å²) in [4.78, 5) is 11.5. The van der Waals surface area contributed by atoms with Crippen LogP contribution in [0.15, 0.2) is 12.4 Å². The zero-order chi connectivity index (χ0) is 10.6. The lowest BCUT2D eigenvalue weighted by molar-refractivity contribution is -0.155. The fourth-order valence-corrected chi connectivity index (χ4v) is 1.21. The van der Waals surface area contributed by atoms with E-state index in [1.807, 2.05) is 0 Å². The van der Waals surface area contributed by atoms with Crippen LogP contribution in [0.1, 0.15) is 5.56 Å². The number of aromatic nitrogens is 2. The number of hydrogen-bond donors (Lipinski definition) is 0. The Morgan fingerprint density at radius 2 is 2.21 bits per heavy atom. The third-order valence-corrected chi connectivity index (χ3v) is 1.83. The van der Waals surface area contributed by atoms with Crippen LogP contribution in [-0.4, -0.2) is 36.1 Å². The molecule has 0 bridgehead atoms. The molecule has 0 saturated carbocycles. The van der Waals surface area contributed by atoms with Crippen molar-refractivity contribution in [2.75, 3.05) is 14.2 Å². The van der Waals surface area contributed by atoms with Gasteiger partial charge in [0.25, 0.3) is 0 Å². The lowest BCUT2D eigenvalue weighted by Gasteiger charge is -2.10. The minimum atomic E-state index is -0.782. The molecular formula is C9H14N2O3. The molecule has 0 N–H and O–H groups in total. The Kier molecular flexibility index (Phi) is 3.79. The van der Waals surface area contributed by atoms with E-state index in [1.54, 1.807) is 24.1 Å². The van der Waals surface area contributed by atoms with Crippen LogP contribution in [0.4, 0.5) is 0 Å². The van der Waals surface area contributed by atoms with Gasteiger partial charge in [-0.3, -0.25) is 9.48 Å². The van der Waals surface area contributed by atoms with E-state index >= 15 is 0 Å². The summed E-state index contributed by atoms with van der Waals surface area (Å²) < 4.78 is 11.3. The Bertz CT molecular complexity index is 305. The predicted molar refractivity (Wildman–Crippen MR) is 49.7 cm³/mol. The third kappa shape index (κ3) is 2.65. The summed E-state index contributed by atoms with van der Waals surface area (Å²) >= 11 is 0. The van der Waals surface area contributed by atoms with Crippen molar-refractivity contribution in [2.45, 2.75) is 12.7 Å². The molecule has 0 atom stereocenters. The van der Waals surface area contributed by atoms with E-state index in [9.17, 15) is 4.79 Å². The second-order valence-electron chi connectivity index (χ2n) is 2.97. The van der Waals surface area contributed by atoms with Crippen LogP contribution in [0.3, 0.4) is 0 Å². The third-order valence-electron chi connectivity index (χ3n) is 1.83. The number of carbonyl (C=O) groups excluding carboxylic acids is 1. The average molecular weight is 198 g/mol. The van der Waals surface area contributed by atoms with Crippen molar-refractivity contribution in [2.24, 2.45) is 7.05 Å². The van der Waals surface area contributed by atoms with Crippen LogP contribution >= 0.6 is 0 Å². The molecule has 0 radical (unpaired) electrons. The Balaban J connectivity index is 2.56. The molecule has 0 spiro atoms. The topological polar surface area (TPSA) is 53.4 Å². The van der Waals surface area contributed by atoms with Crippen LogP contribution < -0.4 is 0 Å². The van der Waals surface area contributed by atoms with E-state index in [0.717, 1.165) is 5.56 Å². The van der Waals surface area contributed by atoms with Gasteiger partial charge >= 0.3 is 0 Å². The largest absolute Gasteiger partial charge is 0.349 e. The van der Waals surface area contributed by atoms with E-state index in [4.69, 9.17) is 9.47 Å². The number of hydrogen-bond acceptors (Lipinski definition) is 4. The first-order valence-corrected chi connectivity index (χ1v) is 4.23. The summed E-state index contributed by atoms with van der Waals surface area (Å²) in [6.07, 6.45) is 2.94. The normalized spacial score (nSPS) is 10.9. The number of nitrogens with zero attached hydrogens (tertiary/aromatic N) is 2.